The van der Waals surface area contributed by atoms with E-state index < -0.39 is 22.1 Å². The van der Waals surface area contributed by atoms with Crippen molar-refractivity contribution in [2.75, 3.05) is 31.4 Å². The molecule has 0 saturated heterocycles. The smallest absolute Gasteiger partial charge is 0.212 e. The van der Waals surface area contributed by atoms with E-state index in [0.717, 1.165) is 86.9 Å². The van der Waals surface area contributed by atoms with Gasteiger partial charge in [0.25, 0.3) is 0 Å². The van der Waals surface area contributed by atoms with Crippen LogP contribution in [0.2, 0.25) is 0 Å². The Morgan fingerprint density at radius 2 is 1.55 bits per heavy atom. The lowest BCUT2D eigenvalue weighted by atomic mass is 9.68. The summed E-state index contributed by atoms with van der Waals surface area (Å²) in [6.07, 6.45) is 9.96. The van der Waals surface area contributed by atoms with E-state index in [-0.39, 0.29) is 11.7 Å². The van der Waals surface area contributed by atoms with Crippen molar-refractivity contribution >= 4 is 27.2 Å². The number of aryl methyl sites for hydroxylation is 1. The summed E-state index contributed by atoms with van der Waals surface area (Å²) in [4.78, 5) is 2.60. The zero-order chi connectivity index (χ0) is 33.4. The second kappa shape index (κ2) is 15.9. The van der Waals surface area contributed by atoms with E-state index in [2.05, 4.69) is 73.1 Å². The molecular weight excluding hydrogens is 605 g/mol. The molecule has 0 bridgehead atoms. The monoisotopic (exact) mass is 659 g/mol. The van der Waals surface area contributed by atoms with Crippen LogP contribution in [0.15, 0.2) is 90.0 Å². The van der Waals surface area contributed by atoms with Gasteiger partial charge in [0.05, 0.1) is 23.4 Å². The molecule has 254 valence electrons. The molecule has 0 saturated carbocycles. The summed E-state index contributed by atoms with van der Waals surface area (Å²) in [5.41, 5.74) is 3.44. The second-order valence-electron chi connectivity index (χ2n) is 13.7. The second-order valence-corrected chi connectivity index (χ2v) is 15.7. The van der Waals surface area contributed by atoms with Crippen molar-refractivity contribution in [1.82, 2.24) is 0 Å². The van der Waals surface area contributed by atoms with Gasteiger partial charge in [-0.15, -0.1) is 0 Å². The lowest BCUT2D eigenvalue weighted by Gasteiger charge is -2.44. The minimum absolute atomic E-state index is 0.201. The number of anilines is 1. The number of para-hydroxylation sites is 1. The largest absolute Gasteiger partial charge is 0.494 e. The quantitative estimate of drug-likeness (QED) is 0.0876. The van der Waals surface area contributed by atoms with Gasteiger partial charge in [0.1, 0.15) is 12.3 Å². The molecule has 0 radical (unpaired) electrons. The molecule has 0 aliphatic carbocycles. The first-order valence-electron chi connectivity index (χ1n) is 17.5. The standard InChI is InChI=1S/C40H54N2O4S/c1-5-7-24-40(25-8-6-2)30-47(44,45)37-23-20-33(41(3)4)29-35(37)38(39(40)43)32-18-21-34(22-19-32)46-28-13-9-12-26-42-27-14-16-31-15-10-11-17-36(31)42/h10-11,14-23,27,29,38-39,43H,5-9,12-13,24-26,28,30H2,1-4H3,(H-,44,45)/p+1. The van der Waals surface area contributed by atoms with Crippen molar-refractivity contribution in [3.05, 3.63) is 96.2 Å². The Kier molecular flexibility index (Phi) is 11.9. The van der Waals surface area contributed by atoms with E-state index in [1.54, 1.807) is 0 Å². The van der Waals surface area contributed by atoms with Crippen LogP contribution in [0.3, 0.4) is 0 Å². The number of hydrogen-bond acceptors (Lipinski definition) is 5. The number of ether oxygens (including phenoxy) is 1. The molecule has 6 nitrogen and oxygen atoms in total. The van der Waals surface area contributed by atoms with Crippen molar-refractivity contribution in [3.8, 4) is 5.75 Å². The maximum atomic E-state index is 12.5. The third-order valence-corrected chi connectivity index (χ3v) is 12.1. The molecule has 0 spiro atoms. The zero-order valence-corrected chi connectivity index (χ0v) is 29.6. The highest BCUT2D eigenvalue weighted by molar-refractivity contribution is 8.24. The average Bonchev–Trinajstić information content (AvgIpc) is 3.14. The Morgan fingerprint density at radius 3 is 2.26 bits per heavy atom. The fourth-order valence-electron chi connectivity index (χ4n) is 7.37. The molecule has 4 aromatic rings. The first-order valence-corrected chi connectivity index (χ1v) is 19.3. The van der Waals surface area contributed by atoms with Crippen molar-refractivity contribution in [1.29, 1.82) is 0 Å². The maximum absolute atomic E-state index is 12.5. The SMILES string of the molecule is CCCCC1(CCCC)CS(O)(O)c2ccc(N(C)C)cc2C(c2ccc(OCCCCC[n+]3cccc4ccccc43)cc2)C1O. The van der Waals surface area contributed by atoms with Crippen LogP contribution in [0.4, 0.5) is 5.69 Å². The Hall–Kier alpha value is -3.10. The van der Waals surface area contributed by atoms with E-state index in [9.17, 15) is 14.2 Å². The number of hydrogen-bond donors (Lipinski definition) is 3. The third kappa shape index (κ3) is 8.14. The van der Waals surface area contributed by atoms with Crippen molar-refractivity contribution in [3.63, 3.8) is 0 Å². The third-order valence-electron chi connectivity index (χ3n) is 10.0. The zero-order valence-electron chi connectivity index (χ0n) is 28.8. The fourth-order valence-corrected chi connectivity index (χ4v) is 9.63. The molecule has 2 unspecified atom stereocenters. The fraction of sp³-hybridized carbons (Fsp3) is 0.475. The molecule has 1 aromatic heterocycles. The molecule has 1 aliphatic heterocycles. The lowest BCUT2D eigenvalue weighted by Crippen LogP contribution is -2.42. The molecule has 7 heteroatoms. The van der Waals surface area contributed by atoms with Gasteiger partial charge in [-0.2, -0.15) is 15.2 Å². The topological polar surface area (TPSA) is 77.0 Å². The van der Waals surface area contributed by atoms with Crippen molar-refractivity contribution < 1.29 is 23.5 Å². The molecule has 3 aromatic carbocycles. The van der Waals surface area contributed by atoms with E-state index in [4.69, 9.17) is 4.74 Å². The highest BCUT2D eigenvalue weighted by Crippen LogP contribution is 2.62. The van der Waals surface area contributed by atoms with Crippen LogP contribution in [0, 0.1) is 5.41 Å². The van der Waals surface area contributed by atoms with Crippen LogP contribution in [0.25, 0.3) is 10.9 Å². The number of benzene rings is 3. The molecule has 0 fully saturated rings. The van der Waals surface area contributed by atoms with Crippen LogP contribution in [-0.4, -0.2) is 46.8 Å². The average molecular weight is 660 g/mol. The number of aliphatic hydroxyl groups is 1. The van der Waals surface area contributed by atoms with E-state index in [1.807, 2.05) is 49.3 Å². The number of rotatable bonds is 15. The van der Waals surface area contributed by atoms with Gasteiger partial charge in [-0.05, 0) is 79.3 Å². The van der Waals surface area contributed by atoms with E-state index >= 15 is 0 Å². The van der Waals surface area contributed by atoms with Gasteiger partial charge in [0.2, 0.25) is 5.52 Å². The Morgan fingerprint density at radius 1 is 0.851 bits per heavy atom. The first-order chi connectivity index (χ1) is 22.7. The number of aliphatic hydroxyl groups excluding tert-OH is 1. The van der Waals surface area contributed by atoms with Gasteiger partial charge in [0.15, 0.2) is 6.20 Å². The highest BCUT2D eigenvalue weighted by Gasteiger charge is 2.49. The summed E-state index contributed by atoms with van der Waals surface area (Å²) in [7, 11) is 0.854. The predicted molar refractivity (Wildman–Crippen MR) is 196 cm³/mol. The number of fused-ring (bicyclic) bond motifs is 2. The molecule has 1 aliphatic rings. The van der Waals surface area contributed by atoms with Gasteiger partial charge in [-0.1, -0.05) is 63.8 Å². The number of pyridine rings is 1. The summed E-state index contributed by atoms with van der Waals surface area (Å²) in [5, 5.41) is 13.7. The summed E-state index contributed by atoms with van der Waals surface area (Å²) in [6, 6.07) is 26.8. The molecule has 2 heterocycles. The molecule has 5 rings (SSSR count). The summed E-state index contributed by atoms with van der Waals surface area (Å²) < 4.78 is 32.0. The van der Waals surface area contributed by atoms with E-state index in [0.29, 0.717) is 11.5 Å². The predicted octanol–water partition coefficient (Wildman–Crippen LogP) is 9.43. The van der Waals surface area contributed by atoms with Crippen LogP contribution in [0.1, 0.15) is 88.7 Å². The summed E-state index contributed by atoms with van der Waals surface area (Å²) >= 11 is 0. The Bertz CT molecular complexity index is 1580. The summed E-state index contributed by atoms with van der Waals surface area (Å²) in [6.45, 7) is 5.96. The molecule has 0 amide bonds. The number of unbranched alkanes of at least 4 members (excludes halogenated alkanes) is 4. The lowest BCUT2D eigenvalue weighted by molar-refractivity contribution is -0.671. The van der Waals surface area contributed by atoms with Crippen LogP contribution >= 0.6 is 10.6 Å². The van der Waals surface area contributed by atoms with Crippen LogP contribution in [-0.2, 0) is 6.54 Å². The first kappa shape index (κ1) is 35.2. The van der Waals surface area contributed by atoms with Gasteiger partial charge in [0, 0.05) is 55.1 Å². The van der Waals surface area contributed by atoms with E-state index in [1.165, 1.54) is 10.9 Å². The van der Waals surface area contributed by atoms with Gasteiger partial charge >= 0.3 is 0 Å². The molecule has 47 heavy (non-hydrogen) atoms. The number of aromatic nitrogens is 1. The Balaban J connectivity index is 1.32. The Labute approximate surface area is 283 Å². The molecule has 3 N–H and O–H groups in total. The van der Waals surface area contributed by atoms with Crippen molar-refractivity contribution in [2.45, 2.75) is 95.1 Å². The van der Waals surface area contributed by atoms with Gasteiger partial charge in [-0.25, -0.2) is 0 Å². The number of nitrogens with zero attached hydrogens (tertiary/aromatic N) is 2. The van der Waals surface area contributed by atoms with Crippen LogP contribution < -0.4 is 14.2 Å². The minimum atomic E-state index is -3.12. The highest BCUT2D eigenvalue weighted by atomic mass is 32.3. The molecule has 2 atom stereocenters. The summed E-state index contributed by atoms with van der Waals surface area (Å²) in [5.74, 6) is 0.634. The normalized spacial score (nSPS) is 19.1. The van der Waals surface area contributed by atoms with Crippen LogP contribution in [0.5, 0.6) is 5.75 Å². The van der Waals surface area contributed by atoms with Gasteiger partial charge < -0.3 is 14.7 Å². The minimum Gasteiger partial charge on any atom is -0.494 e. The van der Waals surface area contributed by atoms with Crippen molar-refractivity contribution in [2.24, 2.45) is 5.41 Å². The molecular formula is C40H55N2O4S+. The van der Waals surface area contributed by atoms with Gasteiger partial charge in [-0.3, -0.25) is 9.11 Å². The maximum Gasteiger partial charge on any atom is 0.212 e.